The lowest BCUT2D eigenvalue weighted by Crippen LogP contribution is -2.51. The Labute approximate surface area is 298 Å². The fraction of sp³-hybridized carbons (Fsp3) is 0.286. The second-order valence-electron chi connectivity index (χ2n) is 11.1. The van der Waals surface area contributed by atoms with Gasteiger partial charge in [0.15, 0.2) is 17.3 Å². The molecule has 1 unspecified atom stereocenters. The quantitative estimate of drug-likeness (QED) is 0.169. The molecule has 1 aromatic heterocycles. The van der Waals surface area contributed by atoms with E-state index in [2.05, 4.69) is 4.98 Å². The van der Waals surface area contributed by atoms with Crippen molar-refractivity contribution in [3.63, 3.8) is 0 Å². The van der Waals surface area contributed by atoms with Crippen LogP contribution in [0.2, 0.25) is 20.1 Å². The Bertz CT molecular complexity index is 1830. The van der Waals surface area contributed by atoms with E-state index in [0.717, 1.165) is 11.1 Å². The molecule has 4 aromatic rings. The lowest BCUT2D eigenvalue weighted by molar-refractivity contribution is -0.118. The van der Waals surface area contributed by atoms with Crippen molar-refractivity contribution in [2.45, 2.75) is 38.2 Å². The van der Waals surface area contributed by atoms with Crippen LogP contribution < -0.4 is 14.2 Å². The summed E-state index contributed by atoms with van der Waals surface area (Å²) >= 11 is 24.6. The largest absolute Gasteiger partial charge is 0.496 e. The molecule has 13 heteroatoms. The van der Waals surface area contributed by atoms with Gasteiger partial charge in [0.25, 0.3) is 0 Å². The summed E-state index contributed by atoms with van der Waals surface area (Å²) in [5, 5.41) is 2.07. The van der Waals surface area contributed by atoms with Gasteiger partial charge in [0.2, 0.25) is 11.4 Å². The number of hydrogen-bond acceptors (Lipinski definition) is 8. The van der Waals surface area contributed by atoms with E-state index in [-0.39, 0.29) is 46.2 Å². The van der Waals surface area contributed by atoms with Crippen LogP contribution in [0.3, 0.4) is 0 Å². The first-order valence-corrected chi connectivity index (χ1v) is 16.3. The van der Waals surface area contributed by atoms with E-state index >= 15 is 0 Å². The van der Waals surface area contributed by atoms with E-state index in [9.17, 15) is 9.59 Å². The SMILES string of the molecule is COC1=CC(=O)C[C@@H](C)[C@]12Oc1c(Cl)c(OC)cc(OC)c1C2=O.Clc1ccc(COC(Cn2ccnc2)c2ccc(Cl)cc2Cl)cc1. The molecule has 9 nitrogen and oxygen atoms in total. The van der Waals surface area contributed by atoms with Crippen LogP contribution in [0.5, 0.6) is 17.2 Å². The van der Waals surface area contributed by atoms with Gasteiger partial charge in [-0.25, -0.2) is 4.98 Å². The molecule has 0 bridgehead atoms. The third-order valence-electron chi connectivity index (χ3n) is 8.11. The number of ether oxygens (including phenoxy) is 5. The molecule has 0 N–H and O–H groups in total. The lowest BCUT2D eigenvalue weighted by atomic mass is 9.75. The molecule has 2 heterocycles. The van der Waals surface area contributed by atoms with Crippen LogP contribution in [0.15, 0.2) is 79.1 Å². The van der Waals surface area contributed by atoms with Crippen molar-refractivity contribution < 1.29 is 33.3 Å². The van der Waals surface area contributed by atoms with E-state index in [1.165, 1.54) is 33.5 Å². The van der Waals surface area contributed by atoms with Crippen molar-refractivity contribution in [3.8, 4) is 17.2 Å². The summed E-state index contributed by atoms with van der Waals surface area (Å²) in [5.41, 5.74) is 0.741. The summed E-state index contributed by atoms with van der Waals surface area (Å²) in [5.74, 6) is 0.107. The van der Waals surface area contributed by atoms with E-state index < -0.39 is 11.5 Å². The number of Topliss-reactive ketones (excluding diaryl/α,β-unsaturated/α-hetero) is 1. The van der Waals surface area contributed by atoms with Crippen molar-refractivity contribution in [2.75, 3.05) is 21.3 Å². The minimum atomic E-state index is -1.42. The Morgan fingerprint density at radius 3 is 2.29 bits per heavy atom. The van der Waals surface area contributed by atoms with Gasteiger partial charge in [-0.3, -0.25) is 9.59 Å². The summed E-state index contributed by atoms with van der Waals surface area (Å²) in [6, 6.07) is 14.6. The highest BCUT2D eigenvalue weighted by Gasteiger charge is 2.59. The van der Waals surface area contributed by atoms with Crippen molar-refractivity contribution in [1.29, 1.82) is 0 Å². The van der Waals surface area contributed by atoms with Crippen molar-refractivity contribution >= 4 is 58.0 Å². The highest BCUT2D eigenvalue weighted by atomic mass is 35.5. The first kappa shape index (κ1) is 35.6. The standard InChI is InChI=1S/C18H15Cl3N2O.C17H17ClO6/c19-14-3-1-13(2-4-14)11-24-18(10-23-8-7-22-12-23)16-6-5-15(20)9-17(16)21;1-8-5-9(19)6-12(23-4)17(8)16(20)13-10(21-2)7-11(22-3)14(18)15(13)24-17/h1-9,12,18H,10-11H2;6-8H,5H2,1-4H3/t;8-,17+/m.1/s1. The molecular formula is C35H32Cl4N2O7. The number of ketones is 2. The number of aromatic nitrogens is 2. The maximum atomic E-state index is 13.3. The minimum absolute atomic E-state index is 0.118. The Kier molecular flexibility index (Phi) is 11.3. The van der Waals surface area contributed by atoms with E-state index in [4.69, 9.17) is 70.1 Å². The molecule has 3 aromatic carbocycles. The fourth-order valence-electron chi connectivity index (χ4n) is 5.67. The van der Waals surface area contributed by atoms with Crippen molar-refractivity contribution in [1.82, 2.24) is 9.55 Å². The van der Waals surface area contributed by atoms with Gasteiger partial charge in [0, 0.05) is 57.5 Å². The molecule has 1 spiro atoms. The maximum absolute atomic E-state index is 13.3. The predicted molar refractivity (Wildman–Crippen MR) is 184 cm³/mol. The molecule has 0 saturated carbocycles. The Morgan fingerprint density at radius 1 is 0.958 bits per heavy atom. The van der Waals surface area contributed by atoms with Gasteiger partial charge < -0.3 is 28.3 Å². The summed E-state index contributed by atoms with van der Waals surface area (Å²) in [7, 11) is 4.31. The summed E-state index contributed by atoms with van der Waals surface area (Å²) in [6.45, 7) is 2.83. The number of allylic oxidation sites excluding steroid dienone is 1. The first-order chi connectivity index (χ1) is 23.0. The van der Waals surface area contributed by atoms with Crippen LogP contribution in [-0.2, 0) is 27.4 Å². The highest BCUT2D eigenvalue weighted by Crippen LogP contribution is 2.54. The van der Waals surface area contributed by atoms with Gasteiger partial charge in [-0.1, -0.05) is 71.5 Å². The number of benzene rings is 3. The fourth-order valence-corrected chi connectivity index (χ4v) is 6.59. The Morgan fingerprint density at radius 2 is 1.67 bits per heavy atom. The normalized spacial score (nSPS) is 18.8. The second-order valence-corrected chi connectivity index (χ2v) is 12.8. The number of carbonyl (C=O) groups is 2. The third-order valence-corrected chi connectivity index (χ3v) is 9.28. The van der Waals surface area contributed by atoms with Gasteiger partial charge in [0.05, 0.1) is 40.8 Å². The number of imidazole rings is 1. The van der Waals surface area contributed by atoms with E-state index in [0.29, 0.717) is 39.7 Å². The first-order valence-electron chi connectivity index (χ1n) is 14.8. The number of carbonyl (C=O) groups excluding carboxylic acids is 2. The molecule has 0 amide bonds. The van der Waals surface area contributed by atoms with Gasteiger partial charge >= 0.3 is 0 Å². The number of rotatable bonds is 9. The minimum Gasteiger partial charge on any atom is -0.496 e. The molecule has 2 aliphatic rings. The zero-order valence-electron chi connectivity index (χ0n) is 26.5. The second kappa shape index (κ2) is 15.2. The third kappa shape index (κ3) is 7.16. The smallest absolute Gasteiger partial charge is 0.231 e. The molecule has 6 rings (SSSR count). The highest BCUT2D eigenvalue weighted by molar-refractivity contribution is 6.35. The number of methoxy groups -OCH3 is 3. The predicted octanol–water partition coefficient (Wildman–Crippen LogP) is 8.61. The van der Waals surface area contributed by atoms with Gasteiger partial charge in [-0.05, 0) is 29.8 Å². The molecular weight excluding hydrogens is 702 g/mol. The van der Waals surface area contributed by atoms with E-state index in [1.54, 1.807) is 25.5 Å². The van der Waals surface area contributed by atoms with Crippen molar-refractivity contribution in [3.05, 3.63) is 116 Å². The molecule has 3 atom stereocenters. The monoisotopic (exact) mass is 732 g/mol. The number of halogens is 4. The molecule has 0 radical (unpaired) electrons. The summed E-state index contributed by atoms with van der Waals surface area (Å²) in [4.78, 5) is 29.2. The van der Waals surface area contributed by atoms with Crippen LogP contribution >= 0.6 is 46.4 Å². The Balaban J connectivity index is 0.000000188. The topological polar surface area (TPSA) is 98.1 Å². The number of fused-ring (bicyclic) bond motifs is 1. The van der Waals surface area contributed by atoms with Gasteiger partial charge in [-0.2, -0.15) is 0 Å². The van der Waals surface area contributed by atoms with Crippen LogP contribution in [0.25, 0.3) is 0 Å². The van der Waals surface area contributed by atoms with Gasteiger partial charge in [0.1, 0.15) is 28.2 Å². The van der Waals surface area contributed by atoms with Crippen LogP contribution in [0.1, 0.15) is 40.9 Å². The van der Waals surface area contributed by atoms with Crippen LogP contribution in [0.4, 0.5) is 0 Å². The van der Waals surface area contributed by atoms with Crippen LogP contribution in [-0.4, -0.2) is 48.0 Å². The van der Waals surface area contributed by atoms with Gasteiger partial charge in [-0.15, -0.1) is 0 Å². The molecule has 252 valence electrons. The molecule has 1 aliphatic carbocycles. The average Bonchev–Trinajstić information content (AvgIpc) is 3.69. The Hall–Kier alpha value is -3.73. The van der Waals surface area contributed by atoms with Crippen LogP contribution in [0, 0.1) is 5.92 Å². The summed E-state index contributed by atoms with van der Waals surface area (Å²) in [6.07, 6.45) is 6.63. The van der Waals surface area contributed by atoms with E-state index in [1.807, 2.05) is 47.2 Å². The average molecular weight is 734 g/mol. The molecule has 1 aliphatic heterocycles. The molecule has 48 heavy (non-hydrogen) atoms. The lowest BCUT2D eigenvalue weighted by Gasteiger charge is -2.36. The molecule has 0 saturated heterocycles. The zero-order chi connectivity index (χ0) is 34.6. The molecule has 0 fully saturated rings. The van der Waals surface area contributed by atoms with Crippen molar-refractivity contribution in [2.24, 2.45) is 5.92 Å². The zero-order valence-corrected chi connectivity index (χ0v) is 29.5. The number of nitrogens with zero attached hydrogens (tertiary/aromatic N) is 2. The number of hydrogen-bond donors (Lipinski definition) is 0. The summed E-state index contributed by atoms with van der Waals surface area (Å²) < 4.78 is 30.0. The maximum Gasteiger partial charge on any atom is 0.231 e.